The average Bonchev–Trinajstić information content (AvgIpc) is 2.52. The highest BCUT2D eigenvalue weighted by Gasteiger charge is 2.09. The molecule has 20 heavy (non-hydrogen) atoms. The molecule has 0 spiro atoms. The summed E-state index contributed by atoms with van der Waals surface area (Å²) in [6.45, 7) is 9.25. The van der Waals surface area contributed by atoms with Crippen molar-refractivity contribution in [2.75, 3.05) is 51.8 Å². The molecular formula is C15H25ClN2O2. The van der Waals surface area contributed by atoms with Crippen molar-refractivity contribution in [3.63, 3.8) is 0 Å². The quantitative estimate of drug-likeness (QED) is 0.906. The van der Waals surface area contributed by atoms with Crippen molar-refractivity contribution in [1.82, 2.24) is 4.90 Å². The number of nitrogens with zero attached hydrogens (tertiary/aromatic N) is 1. The Labute approximate surface area is 127 Å². The first-order chi connectivity index (χ1) is 9.79. The minimum atomic E-state index is 0.685. The van der Waals surface area contributed by atoms with Crippen LogP contribution in [0.2, 0.25) is 5.02 Å². The maximum Gasteiger partial charge on any atom is 0.121 e. The molecule has 4 nitrogen and oxygen atoms in total. The van der Waals surface area contributed by atoms with Gasteiger partial charge in [0.15, 0.2) is 0 Å². The standard InChI is InChI=1S/C13H19ClN2O2.C2H6/c1-15-13-10-11(2-3-12(13)14)18-9-6-16-4-7-17-8-5-16;1-2/h2-3,10,15H,4-9H2,1H3;1-2H3. The molecule has 1 saturated heterocycles. The Morgan fingerprint density at radius 1 is 1.30 bits per heavy atom. The molecule has 0 radical (unpaired) electrons. The van der Waals surface area contributed by atoms with Crippen molar-refractivity contribution in [3.8, 4) is 5.75 Å². The third-order valence-corrected chi connectivity index (χ3v) is 3.32. The predicted octanol–water partition coefficient (Wildman–Crippen LogP) is 3.12. The van der Waals surface area contributed by atoms with Gasteiger partial charge in [-0.1, -0.05) is 25.4 Å². The van der Waals surface area contributed by atoms with E-state index in [4.69, 9.17) is 21.1 Å². The normalized spacial score (nSPS) is 15.2. The van der Waals surface area contributed by atoms with E-state index in [-0.39, 0.29) is 0 Å². The van der Waals surface area contributed by atoms with Gasteiger partial charge in [-0.2, -0.15) is 0 Å². The van der Waals surface area contributed by atoms with Crippen LogP contribution < -0.4 is 10.1 Å². The third kappa shape index (κ3) is 5.57. The van der Waals surface area contributed by atoms with Gasteiger partial charge in [0.1, 0.15) is 12.4 Å². The third-order valence-electron chi connectivity index (χ3n) is 2.99. The van der Waals surface area contributed by atoms with E-state index < -0.39 is 0 Å². The highest BCUT2D eigenvalue weighted by Crippen LogP contribution is 2.26. The molecule has 0 aromatic heterocycles. The Kier molecular flexibility index (Phi) is 8.42. The molecule has 0 aliphatic carbocycles. The minimum absolute atomic E-state index is 0.685. The van der Waals surface area contributed by atoms with Gasteiger partial charge in [-0.05, 0) is 12.1 Å². The fourth-order valence-corrected chi connectivity index (χ4v) is 2.12. The molecule has 1 aromatic rings. The van der Waals surface area contributed by atoms with E-state index in [2.05, 4.69) is 10.2 Å². The summed E-state index contributed by atoms with van der Waals surface area (Å²) in [5, 5.41) is 3.74. The van der Waals surface area contributed by atoms with E-state index in [0.717, 1.165) is 44.3 Å². The number of halogens is 1. The number of ether oxygens (including phenoxy) is 2. The molecule has 2 rings (SSSR count). The van der Waals surface area contributed by atoms with Crippen LogP contribution >= 0.6 is 11.6 Å². The molecule has 1 aliphatic heterocycles. The number of rotatable bonds is 5. The molecule has 1 aliphatic rings. The molecule has 1 heterocycles. The highest BCUT2D eigenvalue weighted by atomic mass is 35.5. The molecule has 1 aromatic carbocycles. The van der Waals surface area contributed by atoms with Gasteiger partial charge in [-0.25, -0.2) is 0 Å². The number of anilines is 1. The largest absolute Gasteiger partial charge is 0.492 e. The Bertz CT molecular complexity index is 382. The zero-order valence-electron chi connectivity index (χ0n) is 12.6. The van der Waals surface area contributed by atoms with Gasteiger partial charge >= 0.3 is 0 Å². The molecule has 1 N–H and O–H groups in total. The van der Waals surface area contributed by atoms with Gasteiger partial charge in [0.25, 0.3) is 0 Å². The van der Waals surface area contributed by atoms with Crippen LogP contribution in [0.3, 0.4) is 0 Å². The minimum Gasteiger partial charge on any atom is -0.492 e. The number of hydrogen-bond donors (Lipinski definition) is 1. The number of morpholine rings is 1. The van der Waals surface area contributed by atoms with Gasteiger partial charge in [-0.3, -0.25) is 4.90 Å². The van der Waals surface area contributed by atoms with E-state index in [1.165, 1.54) is 0 Å². The van der Waals surface area contributed by atoms with Gasteiger partial charge in [0.2, 0.25) is 0 Å². The summed E-state index contributed by atoms with van der Waals surface area (Å²) in [6.07, 6.45) is 0. The summed E-state index contributed by atoms with van der Waals surface area (Å²) in [5.41, 5.74) is 0.889. The second-order valence-corrected chi connectivity index (χ2v) is 4.60. The van der Waals surface area contributed by atoms with Crippen molar-refractivity contribution in [1.29, 1.82) is 0 Å². The molecule has 5 heteroatoms. The lowest BCUT2D eigenvalue weighted by atomic mass is 10.3. The first-order valence-electron chi connectivity index (χ1n) is 7.20. The number of nitrogens with one attached hydrogen (secondary N) is 1. The zero-order chi connectivity index (χ0) is 14.8. The van der Waals surface area contributed by atoms with E-state index in [0.29, 0.717) is 11.6 Å². The van der Waals surface area contributed by atoms with Crippen molar-refractivity contribution in [2.45, 2.75) is 13.8 Å². The average molecular weight is 301 g/mol. The topological polar surface area (TPSA) is 33.7 Å². The summed E-state index contributed by atoms with van der Waals surface area (Å²) < 4.78 is 11.0. The van der Waals surface area contributed by atoms with Gasteiger partial charge in [0.05, 0.1) is 23.9 Å². The van der Waals surface area contributed by atoms with Gasteiger partial charge < -0.3 is 14.8 Å². The number of hydrogen-bond acceptors (Lipinski definition) is 4. The second-order valence-electron chi connectivity index (χ2n) is 4.19. The fraction of sp³-hybridized carbons (Fsp3) is 0.600. The SMILES string of the molecule is CC.CNc1cc(OCCN2CCOCC2)ccc1Cl. The van der Waals surface area contributed by atoms with E-state index >= 15 is 0 Å². The Balaban J connectivity index is 0.000000956. The summed E-state index contributed by atoms with van der Waals surface area (Å²) in [4.78, 5) is 2.35. The van der Waals surface area contributed by atoms with Crippen molar-refractivity contribution in [3.05, 3.63) is 23.2 Å². The van der Waals surface area contributed by atoms with Gasteiger partial charge in [0, 0.05) is 32.7 Å². The van der Waals surface area contributed by atoms with E-state index in [9.17, 15) is 0 Å². The summed E-state index contributed by atoms with van der Waals surface area (Å²) in [6, 6.07) is 5.65. The Hall–Kier alpha value is -0.970. The fourth-order valence-electron chi connectivity index (χ4n) is 1.90. The maximum absolute atomic E-state index is 6.01. The molecule has 1 fully saturated rings. The van der Waals surface area contributed by atoms with Crippen LogP contribution in [0.25, 0.3) is 0 Å². The van der Waals surface area contributed by atoms with Crippen LogP contribution in [0.15, 0.2) is 18.2 Å². The smallest absolute Gasteiger partial charge is 0.121 e. The first-order valence-corrected chi connectivity index (χ1v) is 7.57. The van der Waals surface area contributed by atoms with Crippen LogP contribution in [-0.2, 0) is 4.74 Å². The summed E-state index contributed by atoms with van der Waals surface area (Å²) in [5.74, 6) is 0.844. The highest BCUT2D eigenvalue weighted by molar-refractivity contribution is 6.33. The van der Waals surface area contributed by atoms with E-state index in [1.807, 2.05) is 39.1 Å². The second kappa shape index (κ2) is 9.86. The van der Waals surface area contributed by atoms with Crippen molar-refractivity contribution < 1.29 is 9.47 Å². The van der Waals surface area contributed by atoms with Crippen LogP contribution in [0.1, 0.15) is 13.8 Å². The van der Waals surface area contributed by atoms with Crippen LogP contribution in [-0.4, -0.2) is 51.4 Å². The van der Waals surface area contributed by atoms with Gasteiger partial charge in [-0.15, -0.1) is 0 Å². The maximum atomic E-state index is 6.01. The Morgan fingerprint density at radius 3 is 2.65 bits per heavy atom. The van der Waals surface area contributed by atoms with Crippen molar-refractivity contribution >= 4 is 17.3 Å². The van der Waals surface area contributed by atoms with Crippen LogP contribution in [0.4, 0.5) is 5.69 Å². The Morgan fingerprint density at radius 2 is 2.00 bits per heavy atom. The molecule has 0 amide bonds. The lowest BCUT2D eigenvalue weighted by Crippen LogP contribution is -2.38. The van der Waals surface area contributed by atoms with Crippen molar-refractivity contribution in [2.24, 2.45) is 0 Å². The molecule has 0 atom stereocenters. The summed E-state index contributed by atoms with van der Waals surface area (Å²) >= 11 is 6.01. The molecule has 0 bridgehead atoms. The monoisotopic (exact) mass is 300 g/mol. The van der Waals surface area contributed by atoms with E-state index in [1.54, 1.807) is 0 Å². The lowest BCUT2D eigenvalue weighted by molar-refractivity contribution is 0.0322. The lowest BCUT2D eigenvalue weighted by Gasteiger charge is -2.26. The molecule has 0 unspecified atom stereocenters. The zero-order valence-corrected chi connectivity index (χ0v) is 13.4. The molecule has 114 valence electrons. The predicted molar refractivity (Wildman–Crippen MR) is 85.1 cm³/mol. The molecule has 0 saturated carbocycles. The van der Waals surface area contributed by atoms with Crippen LogP contribution in [0, 0.1) is 0 Å². The summed E-state index contributed by atoms with van der Waals surface area (Å²) in [7, 11) is 1.85. The van der Waals surface area contributed by atoms with Crippen LogP contribution in [0.5, 0.6) is 5.75 Å². The number of benzene rings is 1. The molecular weight excluding hydrogens is 276 g/mol. The first kappa shape index (κ1) is 17.1.